The molecule has 0 fully saturated rings. The number of rotatable bonds is 22. The summed E-state index contributed by atoms with van der Waals surface area (Å²) in [6.45, 7) is 9.96. The van der Waals surface area contributed by atoms with E-state index in [1.165, 1.54) is 0 Å². The van der Waals surface area contributed by atoms with Crippen LogP contribution < -0.4 is 20.9 Å². The predicted octanol–water partition coefficient (Wildman–Crippen LogP) is 6.19. The first-order valence-corrected chi connectivity index (χ1v) is 20.5. The van der Waals surface area contributed by atoms with Crippen LogP contribution in [0.25, 0.3) is 22.5 Å². The fourth-order valence-corrected chi connectivity index (χ4v) is 7.03. The Labute approximate surface area is 344 Å². The molecule has 2 aromatic carbocycles. The Balaban J connectivity index is 1.37. The molecular weight excluding hydrogens is 829 g/mol. The van der Waals surface area contributed by atoms with E-state index in [2.05, 4.69) is 33.2 Å². The van der Waals surface area contributed by atoms with Gasteiger partial charge >= 0.3 is 6.09 Å². The lowest BCUT2D eigenvalue weighted by atomic mass is 9.95. The molecule has 0 saturated heterocycles. The van der Waals surface area contributed by atoms with Crippen molar-refractivity contribution in [3.63, 3.8) is 0 Å². The third-order valence-electron chi connectivity index (χ3n) is 10.4. The van der Waals surface area contributed by atoms with Gasteiger partial charge in [0.2, 0.25) is 15.6 Å². The number of benzene rings is 2. The smallest absolute Gasteiger partial charge is 0.407 e. The van der Waals surface area contributed by atoms with E-state index in [-0.39, 0.29) is 53.4 Å². The lowest BCUT2D eigenvalue weighted by Gasteiger charge is -2.31. The molecule has 0 radical (unpaired) electrons. The van der Waals surface area contributed by atoms with Gasteiger partial charge in [0, 0.05) is 66.8 Å². The number of unbranched alkanes of at least 4 members (excludes halogenated alkanes) is 1. The molecule has 3 amide bonds. The number of hydrogen-bond acceptors (Lipinski definition) is 10. The summed E-state index contributed by atoms with van der Waals surface area (Å²) in [7, 11) is 3.46. The molecule has 3 aromatic rings. The van der Waals surface area contributed by atoms with Crippen LogP contribution >= 0.6 is 22.6 Å². The number of halogens is 1. The number of fused-ring (bicyclic) bond motifs is 5. The first-order chi connectivity index (χ1) is 26.8. The summed E-state index contributed by atoms with van der Waals surface area (Å²) in [6.07, 6.45) is 4.18. The monoisotopic (exact) mass is 887 g/mol. The average molecular weight is 888 g/mol. The van der Waals surface area contributed by atoms with Crippen LogP contribution in [0.3, 0.4) is 0 Å². The van der Waals surface area contributed by atoms with Crippen molar-refractivity contribution in [2.45, 2.75) is 109 Å². The predicted molar refractivity (Wildman–Crippen MR) is 224 cm³/mol. The first kappa shape index (κ1) is 44.8. The molecule has 2 unspecified atom stereocenters. The zero-order valence-corrected chi connectivity index (χ0v) is 35.8. The molecule has 2 heterocycles. The molecule has 0 saturated carbocycles. The van der Waals surface area contributed by atoms with Gasteiger partial charge in [-0.15, -0.1) is 5.10 Å². The molecule has 0 aliphatic carbocycles. The minimum absolute atomic E-state index is 0.0701. The summed E-state index contributed by atoms with van der Waals surface area (Å²) in [4.78, 5) is 52.6. The van der Waals surface area contributed by atoms with Crippen LogP contribution in [-0.4, -0.2) is 94.4 Å². The number of methoxy groups -OCH3 is 1. The Morgan fingerprint density at radius 1 is 0.929 bits per heavy atom. The summed E-state index contributed by atoms with van der Waals surface area (Å²) in [5.41, 5.74) is 3.88. The number of ether oxygens (including phenoxy) is 3. The highest BCUT2D eigenvalue weighted by Gasteiger charge is 2.30. The topological polar surface area (TPSA) is 166 Å². The van der Waals surface area contributed by atoms with Crippen molar-refractivity contribution in [1.82, 2.24) is 30.9 Å². The number of likely N-dealkylation sites (N-methyl/N-ethyl adjacent to an activating group) is 1. The van der Waals surface area contributed by atoms with E-state index in [1.807, 2.05) is 69.3 Å². The van der Waals surface area contributed by atoms with Gasteiger partial charge in [0.15, 0.2) is 0 Å². The summed E-state index contributed by atoms with van der Waals surface area (Å²) in [6, 6.07) is 15.2. The standard InChI is InChI=1S/C41H58IN7O7/c1-7-41(4,56-26-22-40(2,3)54-6)21-19-34(50)44-24-20-35(51)48-28-29-14-8-9-15-30(29)37-36(31-16-10-11-18-33(31)48)46-47-49(37)25-27-55-39(53)45-23-13-12-17-32(43-5)38(42)52/h8-11,14-16,18,32,43H,7,12-13,17,19-28H2,1-6H3,(H,44,50)(H,45,53). The van der Waals surface area contributed by atoms with E-state index in [0.717, 1.165) is 48.1 Å². The summed E-state index contributed by atoms with van der Waals surface area (Å²) in [5, 5.41) is 17.8. The second kappa shape index (κ2) is 21.6. The number of nitrogens with zero attached hydrogens (tertiary/aromatic N) is 4. The maximum Gasteiger partial charge on any atom is 0.407 e. The van der Waals surface area contributed by atoms with Crippen LogP contribution in [0.15, 0.2) is 48.5 Å². The van der Waals surface area contributed by atoms with Gasteiger partial charge in [-0.25, -0.2) is 9.48 Å². The molecule has 14 nitrogen and oxygen atoms in total. The van der Waals surface area contributed by atoms with Gasteiger partial charge < -0.3 is 35.1 Å². The Morgan fingerprint density at radius 3 is 2.38 bits per heavy atom. The average Bonchev–Trinajstić information content (AvgIpc) is 3.59. The van der Waals surface area contributed by atoms with Gasteiger partial charge in [-0.2, -0.15) is 0 Å². The molecule has 306 valence electrons. The van der Waals surface area contributed by atoms with E-state index < -0.39 is 11.7 Å². The Morgan fingerprint density at radius 2 is 1.66 bits per heavy atom. The Bertz CT molecular complexity index is 1780. The molecular formula is C41H58IN7O7. The maximum absolute atomic E-state index is 13.9. The highest BCUT2D eigenvalue weighted by Crippen LogP contribution is 2.41. The van der Waals surface area contributed by atoms with E-state index in [4.69, 9.17) is 14.2 Å². The Hall–Kier alpha value is -3.93. The lowest BCUT2D eigenvalue weighted by molar-refractivity contribution is -0.124. The fourth-order valence-electron chi connectivity index (χ4n) is 6.41. The molecule has 1 aromatic heterocycles. The van der Waals surface area contributed by atoms with E-state index in [9.17, 15) is 19.2 Å². The molecule has 0 bridgehead atoms. The second-order valence-electron chi connectivity index (χ2n) is 14.8. The molecule has 4 rings (SSSR count). The van der Waals surface area contributed by atoms with Crippen LogP contribution in [0.5, 0.6) is 0 Å². The molecule has 1 aliphatic heterocycles. The van der Waals surface area contributed by atoms with Gasteiger partial charge in [-0.3, -0.25) is 14.4 Å². The van der Waals surface area contributed by atoms with Gasteiger partial charge in [0.25, 0.3) is 0 Å². The summed E-state index contributed by atoms with van der Waals surface area (Å²) >= 11 is 1.80. The van der Waals surface area contributed by atoms with Crippen LogP contribution in [0.2, 0.25) is 0 Å². The van der Waals surface area contributed by atoms with Gasteiger partial charge in [-0.1, -0.05) is 54.6 Å². The van der Waals surface area contributed by atoms with Crippen molar-refractivity contribution in [3.8, 4) is 22.5 Å². The first-order valence-electron chi connectivity index (χ1n) is 19.5. The van der Waals surface area contributed by atoms with Gasteiger partial charge in [0.1, 0.15) is 12.3 Å². The van der Waals surface area contributed by atoms with Gasteiger partial charge in [0.05, 0.1) is 48.3 Å². The normalized spacial score (nSPS) is 13.9. The van der Waals surface area contributed by atoms with Crippen molar-refractivity contribution in [2.75, 3.05) is 45.4 Å². The lowest BCUT2D eigenvalue weighted by Crippen LogP contribution is -2.36. The highest BCUT2D eigenvalue weighted by molar-refractivity contribution is 14.1. The quantitative estimate of drug-likeness (QED) is 0.0602. The summed E-state index contributed by atoms with van der Waals surface area (Å²) < 4.78 is 19.0. The van der Waals surface area contributed by atoms with Crippen LogP contribution in [0.4, 0.5) is 10.5 Å². The number of hydrogen-bond donors (Lipinski definition) is 3. The molecule has 56 heavy (non-hydrogen) atoms. The van der Waals surface area contributed by atoms with Crippen molar-refractivity contribution < 1.29 is 33.4 Å². The van der Waals surface area contributed by atoms with Crippen LogP contribution in [-0.2, 0) is 41.7 Å². The molecule has 2 atom stereocenters. The number of nitrogens with one attached hydrogen (secondary N) is 3. The number of carbonyl (C=O) groups excluding carboxylic acids is 4. The number of aromatic nitrogens is 3. The van der Waals surface area contributed by atoms with Crippen molar-refractivity contribution in [1.29, 1.82) is 0 Å². The van der Waals surface area contributed by atoms with E-state index >= 15 is 0 Å². The van der Waals surface area contributed by atoms with E-state index in [0.29, 0.717) is 50.3 Å². The number of alkyl carbamates (subject to hydrolysis) is 1. The number of amides is 3. The van der Waals surface area contributed by atoms with Gasteiger partial charge in [-0.05, 0) is 78.0 Å². The van der Waals surface area contributed by atoms with Crippen molar-refractivity contribution in [3.05, 3.63) is 54.1 Å². The maximum atomic E-state index is 13.9. The molecule has 3 N–H and O–H groups in total. The SMILES string of the molecule is CCC(C)(CCC(=O)NCCC(=O)N1Cc2ccccc2-c2c(nnn2CCOC(=O)NCCCCC(NC)C(=O)I)-c2ccccc21)OCCC(C)(C)OC. The largest absolute Gasteiger partial charge is 0.448 e. The number of carbonyl (C=O) groups is 4. The fraction of sp³-hybridized carbons (Fsp3) is 0.561. The molecule has 15 heteroatoms. The summed E-state index contributed by atoms with van der Waals surface area (Å²) in [5.74, 6) is -0.256. The minimum Gasteiger partial charge on any atom is -0.448 e. The molecule has 0 spiro atoms. The number of anilines is 1. The number of para-hydroxylation sites is 1. The van der Waals surface area contributed by atoms with Crippen LogP contribution in [0.1, 0.15) is 84.6 Å². The van der Waals surface area contributed by atoms with Crippen LogP contribution in [0, 0.1) is 0 Å². The minimum atomic E-state index is -0.523. The third kappa shape index (κ3) is 12.8. The van der Waals surface area contributed by atoms with E-state index in [1.54, 1.807) is 46.3 Å². The third-order valence-corrected chi connectivity index (χ3v) is 11.2. The zero-order chi connectivity index (χ0) is 40.7. The second-order valence-corrected chi connectivity index (χ2v) is 15.9. The Kier molecular flexibility index (Phi) is 17.2. The van der Waals surface area contributed by atoms with Crippen molar-refractivity contribution in [2.24, 2.45) is 0 Å². The van der Waals surface area contributed by atoms with Crippen molar-refractivity contribution >= 4 is 50.0 Å². The molecule has 1 aliphatic rings. The highest BCUT2D eigenvalue weighted by atomic mass is 127. The zero-order valence-electron chi connectivity index (χ0n) is 33.6.